The maximum Gasteiger partial charge on any atom is 0.305 e. The maximum absolute atomic E-state index is 12.5. The molecule has 0 radical (unpaired) electrons. The molecule has 0 aliphatic heterocycles. The molecule has 6 heteroatoms. The minimum Gasteiger partial charge on any atom is -0.466 e. The summed E-state index contributed by atoms with van der Waals surface area (Å²) in [5.74, 6) is -0.0652. The molecule has 0 heterocycles. The summed E-state index contributed by atoms with van der Waals surface area (Å²) in [4.78, 5) is 24.5. The topological polar surface area (TPSA) is 95.9 Å². The lowest BCUT2D eigenvalue weighted by Crippen LogP contribution is -2.45. The van der Waals surface area contributed by atoms with E-state index < -0.39 is 12.1 Å². The van der Waals surface area contributed by atoms with E-state index in [2.05, 4.69) is 19.2 Å². The first-order valence-corrected chi connectivity index (χ1v) is 28.5. The zero-order valence-electron chi connectivity index (χ0n) is 42.6. The number of ether oxygens (including phenoxy) is 1. The van der Waals surface area contributed by atoms with Gasteiger partial charge in [-0.15, -0.1) is 0 Å². The van der Waals surface area contributed by atoms with Gasteiger partial charge >= 0.3 is 5.97 Å². The zero-order chi connectivity index (χ0) is 45.8. The molecule has 63 heavy (non-hydrogen) atoms. The van der Waals surface area contributed by atoms with Crippen LogP contribution in [0.1, 0.15) is 316 Å². The van der Waals surface area contributed by atoms with Crippen molar-refractivity contribution in [2.75, 3.05) is 13.2 Å². The van der Waals surface area contributed by atoms with E-state index in [1.807, 2.05) is 6.08 Å². The third-order valence-electron chi connectivity index (χ3n) is 13.3. The number of esters is 1. The number of aliphatic hydroxyl groups excluding tert-OH is 2. The molecule has 0 spiro atoms. The van der Waals surface area contributed by atoms with Gasteiger partial charge in [0.2, 0.25) is 5.91 Å². The first-order valence-electron chi connectivity index (χ1n) is 28.5. The fourth-order valence-corrected chi connectivity index (χ4v) is 8.93. The lowest BCUT2D eigenvalue weighted by molar-refractivity contribution is -0.143. The van der Waals surface area contributed by atoms with E-state index in [4.69, 9.17) is 4.74 Å². The Morgan fingerprint density at radius 1 is 0.429 bits per heavy atom. The third-order valence-corrected chi connectivity index (χ3v) is 13.3. The van der Waals surface area contributed by atoms with Crippen LogP contribution in [0.5, 0.6) is 0 Å². The summed E-state index contributed by atoms with van der Waals surface area (Å²) >= 11 is 0. The highest BCUT2D eigenvalue weighted by atomic mass is 16.5. The lowest BCUT2D eigenvalue weighted by atomic mass is 10.0. The average molecular weight is 891 g/mol. The van der Waals surface area contributed by atoms with Crippen LogP contribution in [0.2, 0.25) is 0 Å². The summed E-state index contributed by atoms with van der Waals surface area (Å²) < 4.78 is 5.46. The van der Waals surface area contributed by atoms with Crippen molar-refractivity contribution in [3.05, 3.63) is 12.2 Å². The molecule has 0 aromatic rings. The molecule has 1 amide bonds. The normalized spacial score (nSPS) is 12.6. The number of carbonyl (C=O) groups excluding carboxylic acids is 2. The molecule has 0 fully saturated rings. The summed E-state index contributed by atoms with van der Waals surface area (Å²) in [6.07, 6.45) is 62.2. The van der Waals surface area contributed by atoms with Crippen LogP contribution in [0.25, 0.3) is 0 Å². The molecular weight excluding hydrogens is 779 g/mol. The fraction of sp³-hybridized carbons (Fsp3) is 0.930. The Morgan fingerprint density at radius 2 is 0.730 bits per heavy atom. The van der Waals surface area contributed by atoms with Crippen molar-refractivity contribution >= 4 is 11.9 Å². The maximum atomic E-state index is 12.5. The van der Waals surface area contributed by atoms with E-state index in [9.17, 15) is 19.8 Å². The van der Waals surface area contributed by atoms with Crippen molar-refractivity contribution in [3.63, 3.8) is 0 Å². The number of hydrogen-bond acceptors (Lipinski definition) is 5. The molecule has 0 saturated heterocycles. The summed E-state index contributed by atoms with van der Waals surface area (Å²) in [6, 6.07) is -0.631. The highest BCUT2D eigenvalue weighted by Crippen LogP contribution is 2.17. The van der Waals surface area contributed by atoms with Crippen molar-refractivity contribution in [1.29, 1.82) is 0 Å². The Bertz CT molecular complexity index is 939. The standard InChI is InChI=1S/C57H111NO5/c1-3-5-7-9-11-13-15-17-18-20-23-26-29-33-37-41-45-49-55(60)54(53-59)58-56(61)50-46-42-38-34-30-27-24-21-19-22-25-28-32-36-40-44-48-52-63-57(62)51-47-43-39-35-31-16-14-12-10-8-6-4-2/h45,49,54-55,59-60H,3-44,46-48,50-53H2,1-2H3,(H,58,61)/b49-45+. The van der Waals surface area contributed by atoms with E-state index in [1.165, 1.54) is 244 Å². The van der Waals surface area contributed by atoms with Gasteiger partial charge in [-0.25, -0.2) is 0 Å². The Balaban J connectivity index is 3.44. The smallest absolute Gasteiger partial charge is 0.305 e. The SMILES string of the molecule is CCCCCCCCCCCCCCCCC/C=C/C(O)C(CO)NC(=O)CCCCCCCCCCCCCCCCCCCOC(=O)CCCCCCCCCCCCCC. The Hall–Kier alpha value is -1.40. The Morgan fingerprint density at radius 3 is 1.08 bits per heavy atom. The van der Waals surface area contributed by atoms with Crippen molar-refractivity contribution < 1.29 is 24.5 Å². The van der Waals surface area contributed by atoms with Crippen LogP contribution in [-0.4, -0.2) is 47.4 Å². The molecule has 2 atom stereocenters. The summed E-state index contributed by atoms with van der Waals surface area (Å²) in [5.41, 5.74) is 0. The first kappa shape index (κ1) is 61.6. The van der Waals surface area contributed by atoms with Gasteiger partial charge in [0.15, 0.2) is 0 Å². The Kier molecular flexibility index (Phi) is 52.0. The summed E-state index contributed by atoms with van der Waals surface area (Å²) in [7, 11) is 0. The van der Waals surface area contributed by atoms with Gasteiger partial charge in [0, 0.05) is 12.8 Å². The molecule has 6 nitrogen and oxygen atoms in total. The average Bonchev–Trinajstić information content (AvgIpc) is 3.28. The van der Waals surface area contributed by atoms with Gasteiger partial charge in [0.05, 0.1) is 25.4 Å². The molecule has 0 aromatic carbocycles. The van der Waals surface area contributed by atoms with Crippen molar-refractivity contribution in [2.24, 2.45) is 0 Å². The monoisotopic (exact) mass is 890 g/mol. The predicted octanol–water partition coefficient (Wildman–Crippen LogP) is 17.3. The van der Waals surface area contributed by atoms with Crippen molar-refractivity contribution in [1.82, 2.24) is 5.32 Å². The van der Waals surface area contributed by atoms with Crippen LogP contribution >= 0.6 is 0 Å². The van der Waals surface area contributed by atoms with E-state index in [0.717, 1.165) is 44.9 Å². The molecule has 3 N–H and O–H groups in total. The van der Waals surface area contributed by atoms with E-state index in [0.29, 0.717) is 19.4 Å². The quantitative estimate of drug-likeness (QED) is 0.0321. The Labute approximate surface area is 393 Å². The van der Waals surface area contributed by atoms with Gasteiger partial charge < -0.3 is 20.3 Å². The summed E-state index contributed by atoms with van der Waals surface area (Å²) in [5, 5.41) is 23.1. The van der Waals surface area contributed by atoms with Crippen LogP contribution in [0, 0.1) is 0 Å². The lowest BCUT2D eigenvalue weighted by Gasteiger charge is -2.20. The van der Waals surface area contributed by atoms with Gasteiger partial charge in [-0.05, 0) is 32.1 Å². The van der Waals surface area contributed by atoms with Crippen molar-refractivity contribution in [2.45, 2.75) is 328 Å². The van der Waals surface area contributed by atoms with Crippen LogP contribution in [-0.2, 0) is 14.3 Å². The van der Waals surface area contributed by atoms with Gasteiger partial charge in [0.1, 0.15) is 0 Å². The van der Waals surface area contributed by atoms with Crippen LogP contribution in [0.4, 0.5) is 0 Å². The number of amides is 1. The molecule has 0 bridgehead atoms. The van der Waals surface area contributed by atoms with E-state index >= 15 is 0 Å². The highest BCUT2D eigenvalue weighted by Gasteiger charge is 2.18. The molecule has 374 valence electrons. The summed E-state index contributed by atoms with van der Waals surface area (Å²) in [6.45, 7) is 4.91. The number of unbranched alkanes of at least 4 members (excludes halogenated alkanes) is 42. The van der Waals surface area contributed by atoms with Crippen LogP contribution < -0.4 is 5.32 Å². The van der Waals surface area contributed by atoms with Crippen molar-refractivity contribution in [3.8, 4) is 0 Å². The number of rotatable bonds is 53. The third kappa shape index (κ3) is 49.9. The van der Waals surface area contributed by atoms with E-state index in [-0.39, 0.29) is 18.5 Å². The molecule has 0 rings (SSSR count). The second-order valence-electron chi connectivity index (χ2n) is 19.6. The minimum absolute atomic E-state index is 0.00560. The van der Waals surface area contributed by atoms with Crippen LogP contribution in [0.15, 0.2) is 12.2 Å². The number of carbonyl (C=O) groups is 2. The number of allylic oxidation sites excluding steroid dienone is 1. The molecule has 0 aliphatic rings. The molecule has 0 saturated carbocycles. The van der Waals surface area contributed by atoms with Gasteiger partial charge in [-0.3, -0.25) is 9.59 Å². The molecule has 0 aliphatic carbocycles. The van der Waals surface area contributed by atoms with Gasteiger partial charge in [-0.2, -0.15) is 0 Å². The predicted molar refractivity (Wildman–Crippen MR) is 273 cm³/mol. The second kappa shape index (κ2) is 53.2. The molecule has 0 aromatic heterocycles. The number of hydrogen-bond donors (Lipinski definition) is 3. The number of nitrogens with one attached hydrogen (secondary N) is 1. The second-order valence-corrected chi connectivity index (χ2v) is 19.6. The van der Waals surface area contributed by atoms with Gasteiger partial charge in [-0.1, -0.05) is 283 Å². The molecule has 2 unspecified atom stereocenters. The number of aliphatic hydroxyl groups is 2. The first-order chi connectivity index (χ1) is 31.0. The zero-order valence-corrected chi connectivity index (χ0v) is 42.6. The fourth-order valence-electron chi connectivity index (χ4n) is 8.93. The molecular formula is C57H111NO5. The highest BCUT2D eigenvalue weighted by molar-refractivity contribution is 5.76. The minimum atomic E-state index is -0.847. The van der Waals surface area contributed by atoms with Gasteiger partial charge in [0.25, 0.3) is 0 Å². The van der Waals surface area contributed by atoms with E-state index in [1.54, 1.807) is 6.08 Å². The largest absolute Gasteiger partial charge is 0.466 e. The van der Waals surface area contributed by atoms with Crippen LogP contribution in [0.3, 0.4) is 0 Å².